The highest BCUT2D eigenvalue weighted by Crippen LogP contribution is 2.25. The van der Waals surface area contributed by atoms with Gasteiger partial charge in [0, 0.05) is 11.1 Å². The van der Waals surface area contributed by atoms with Crippen molar-refractivity contribution in [3.63, 3.8) is 0 Å². The van der Waals surface area contributed by atoms with E-state index in [1.165, 1.54) is 0 Å². The lowest BCUT2D eigenvalue weighted by Crippen LogP contribution is -2.41. The van der Waals surface area contributed by atoms with Crippen LogP contribution in [0, 0.1) is 0 Å². The van der Waals surface area contributed by atoms with Crippen molar-refractivity contribution in [3.05, 3.63) is 28.2 Å². The molecule has 1 rings (SSSR count). The van der Waals surface area contributed by atoms with E-state index >= 15 is 0 Å². The van der Waals surface area contributed by atoms with Crippen LogP contribution in [0.25, 0.3) is 0 Å². The van der Waals surface area contributed by atoms with Gasteiger partial charge >= 0.3 is 0 Å². The number of carbonyl (C=O) groups is 1. The lowest BCUT2D eigenvalue weighted by atomic mass is 10.2. The van der Waals surface area contributed by atoms with E-state index in [-0.39, 0.29) is 18.0 Å². The molecule has 0 bridgehead atoms. The van der Waals surface area contributed by atoms with E-state index in [2.05, 4.69) is 10.6 Å². The van der Waals surface area contributed by atoms with E-state index < -0.39 is 0 Å². The molecular formula is C12H16Cl2N2O. The maximum Gasteiger partial charge on any atom is 0.242 e. The Balaban J connectivity index is 2.67. The zero-order valence-corrected chi connectivity index (χ0v) is 11.6. The van der Waals surface area contributed by atoms with Crippen molar-refractivity contribution >= 4 is 34.8 Å². The minimum atomic E-state index is -0.351. The van der Waals surface area contributed by atoms with Gasteiger partial charge in [-0.2, -0.15) is 0 Å². The van der Waals surface area contributed by atoms with Crippen molar-refractivity contribution in [2.24, 2.45) is 0 Å². The molecule has 0 aliphatic heterocycles. The highest BCUT2D eigenvalue weighted by Gasteiger charge is 2.14. The zero-order valence-electron chi connectivity index (χ0n) is 10.1. The van der Waals surface area contributed by atoms with Gasteiger partial charge in [-0.05, 0) is 39.0 Å². The van der Waals surface area contributed by atoms with Crippen molar-refractivity contribution in [2.45, 2.75) is 32.9 Å². The average Bonchev–Trinajstić information content (AvgIpc) is 2.21. The highest BCUT2D eigenvalue weighted by molar-refractivity contribution is 6.36. The van der Waals surface area contributed by atoms with Crippen LogP contribution >= 0.6 is 23.2 Å². The maximum absolute atomic E-state index is 11.7. The third-order valence-electron chi connectivity index (χ3n) is 2.13. The monoisotopic (exact) mass is 274 g/mol. The van der Waals surface area contributed by atoms with Crippen LogP contribution in [0.3, 0.4) is 0 Å². The minimum absolute atomic E-state index is 0.0639. The summed E-state index contributed by atoms with van der Waals surface area (Å²) in [4.78, 5) is 11.7. The fourth-order valence-corrected chi connectivity index (χ4v) is 1.78. The second-order valence-electron chi connectivity index (χ2n) is 4.15. The van der Waals surface area contributed by atoms with Crippen LogP contribution < -0.4 is 10.6 Å². The number of benzene rings is 1. The summed E-state index contributed by atoms with van der Waals surface area (Å²) in [7, 11) is 0. The van der Waals surface area contributed by atoms with Crippen molar-refractivity contribution in [1.29, 1.82) is 0 Å². The van der Waals surface area contributed by atoms with Crippen LogP contribution in [0.1, 0.15) is 20.8 Å². The van der Waals surface area contributed by atoms with Crippen LogP contribution in [0.5, 0.6) is 0 Å². The van der Waals surface area contributed by atoms with Crippen LogP contribution in [0.15, 0.2) is 18.2 Å². The molecule has 0 aliphatic rings. The molecule has 0 saturated heterocycles. The molecule has 0 saturated carbocycles. The van der Waals surface area contributed by atoms with Gasteiger partial charge in [-0.15, -0.1) is 0 Å². The number of carbonyl (C=O) groups excluding carboxylic acids is 1. The second kappa shape index (κ2) is 6.12. The number of amides is 1. The number of hydrogen-bond acceptors (Lipinski definition) is 2. The molecule has 0 heterocycles. The van der Waals surface area contributed by atoms with Crippen molar-refractivity contribution in [3.8, 4) is 0 Å². The molecule has 3 nitrogen and oxygen atoms in total. The van der Waals surface area contributed by atoms with Crippen molar-refractivity contribution in [1.82, 2.24) is 5.32 Å². The van der Waals surface area contributed by atoms with Gasteiger partial charge in [0.2, 0.25) is 5.91 Å². The van der Waals surface area contributed by atoms with Gasteiger partial charge in [-0.25, -0.2) is 0 Å². The van der Waals surface area contributed by atoms with Crippen LogP contribution in [0.2, 0.25) is 10.0 Å². The van der Waals surface area contributed by atoms with E-state index in [1.807, 2.05) is 13.8 Å². The summed E-state index contributed by atoms with van der Waals surface area (Å²) in [5.74, 6) is -0.0639. The zero-order chi connectivity index (χ0) is 13.0. The molecule has 1 atom stereocenters. The number of hydrogen-bond donors (Lipinski definition) is 2. The van der Waals surface area contributed by atoms with E-state index in [0.717, 1.165) is 0 Å². The lowest BCUT2D eigenvalue weighted by molar-refractivity contribution is -0.122. The molecule has 2 N–H and O–H groups in total. The van der Waals surface area contributed by atoms with Gasteiger partial charge < -0.3 is 10.6 Å². The fourth-order valence-electron chi connectivity index (χ4n) is 1.31. The Morgan fingerprint density at radius 1 is 1.24 bits per heavy atom. The minimum Gasteiger partial charge on any atom is -0.373 e. The first kappa shape index (κ1) is 14.1. The van der Waals surface area contributed by atoms with E-state index in [0.29, 0.717) is 15.7 Å². The largest absolute Gasteiger partial charge is 0.373 e. The molecule has 0 fully saturated rings. The fraction of sp³-hybridized carbons (Fsp3) is 0.417. The first-order chi connectivity index (χ1) is 7.90. The van der Waals surface area contributed by atoms with Crippen molar-refractivity contribution in [2.75, 3.05) is 5.32 Å². The quantitative estimate of drug-likeness (QED) is 0.885. The Hall–Kier alpha value is -0.930. The molecule has 1 aromatic carbocycles. The predicted octanol–water partition coefficient (Wildman–Crippen LogP) is 3.32. The van der Waals surface area contributed by atoms with Crippen molar-refractivity contribution < 1.29 is 4.79 Å². The number of anilines is 1. The lowest BCUT2D eigenvalue weighted by Gasteiger charge is -2.17. The summed E-state index contributed by atoms with van der Waals surface area (Å²) in [6.07, 6.45) is 0. The third kappa shape index (κ3) is 4.44. The normalized spacial score (nSPS) is 12.4. The molecule has 1 unspecified atom stereocenters. The van der Waals surface area contributed by atoms with E-state index in [4.69, 9.17) is 23.2 Å². The molecule has 0 aromatic heterocycles. The molecule has 1 aromatic rings. The Kier molecular flexibility index (Phi) is 5.09. The SMILES string of the molecule is CC(C)NC(=O)C(C)Nc1ccc(Cl)cc1Cl. The van der Waals surface area contributed by atoms with Gasteiger partial charge in [0.1, 0.15) is 6.04 Å². The molecule has 5 heteroatoms. The molecular weight excluding hydrogens is 259 g/mol. The molecule has 17 heavy (non-hydrogen) atoms. The average molecular weight is 275 g/mol. The summed E-state index contributed by atoms with van der Waals surface area (Å²) in [5, 5.41) is 6.93. The molecule has 94 valence electrons. The maximum atomic E-state index is 11.7. The van der Waals surface area contributed by atoms with Crippen LogP contribution in [-0.4, -0.2) is 18.0 Å². The topological polar surface area (TPSA) is 41.1 Å². The first-order valence-corrected chi connectivity index (χ1v) is 6.17. The molecule has 0 spiro atoms. The van der Waals surface area contributed by atoms with Gasteiger partial charge in [0.05, 0.1) is 10.7 Å². The summed E-state index contributed by atoms with van der Waals surface area (Å²) in [5.41, 5.74) is 0.697. The van der Waals surface area contributed by atoms with Gasteiger partial charge in [0.25, 0.3) is 0 Å². The Morgan fingerprint density at radius 2 is 1.88 bits per heavy atom. The summed E-state index contributed by atoms with van der Waals surface area (Å²) >= 11 is 11.8. The van der Waals surface area contributed by atoms with Gasteiger partial charge in [0.15, 0.2) is 0 Å². The highest BCUT2D eigenvalue weighted by atomic mass is 35.5. The summed E-state index contributed by atoms with van der Waals surface area (Å²) in [6.45, 7) is 5.61. The molecule has 0 radical (unpaired) electrons. The third-order valence-corrected chi connectivity index (χ3v) is 2.68. The Labute approximate surface area is 111 Å². The summed E-state index contributed by atoms with van der Waals surface area (Å²) < 4.78 is 0. The number of nitrogens with one attached hydrogen (secondary N) is 2. The number of halogens is 2. The molecule has 1 amide bonds. The smallest absolute Gasteiger partial charge is 0.242 e. The molecule has 0 aliphatic carbocycles. The van der Waals surface area contributed by atoms with E-state index in [1.54, 1.807) is 25.1 Å². The predicted molar refractivity (Wildman–Crippen MR) is 72.8 cm³/mol. The van der Waals surface area contributed by atoms with Crippen LogP contribution in [-0.2, 0) is 4.79 Å². The van der Waals surface area contributed by atoms with Gasteiger partial charge in [-0.3, -0.25) is 4.79 Å². The first-order valence-electron chi connectivity index (χ1n) is 5.42. The Bertz CT molecular complexity index is 407. The second-order valence-corrected chi connectivity index (χ2v) is 5.00. The van der Waals surface area contributed by atoms with Crippen LogP contribution in [0.4, 0.5) is 5.69 Å². The summed E-state index contributed by atoms with van der Waals surface area (Å²) in [6, 6.07) is 4.88. The number of rotatable bonds is 4. The Morgan fingerprint density at radius 3 is 2.41 bits per heavy atom. The van der Waals surface area contributed by atoms with Gasteiger partial charge in [-0.1, -0.05) is 23.2 Å². The van der Waals surface area contributed by atoms with E-state index in [9.17, 15) is 4.79 Å². The standard InChI is InChI=1S/C12H16Cl2N2O/c1-7(2)15-12(17)8(3)16-11-5-4-9(13)6-10(11)14/h4-8,16H,1-3H3,(H,15,17).